The molecule has 0 spiro atoms. The lowest BCUT2D eigenvalue weighted by atomic mass is 9.75. The molecular weight excluding hydrogens is 434 g/mol. The van der Waals surface area contributed by atoms with Crippen LogP contribution < -0.4 is 19.5 Å². The second-order valence-electron chi connectivity index (χ2n) is 8.17. The first-order chi connectivity index (χ1) is 16.5. The van der Waals surface area contributed by atoms with Crippen LogP contribution in [0.1, 0.15) is 37.7 Å². The van der Waals surface area contributed by atoms with Crippen LogP contribution in [-0.2, 0) is 14.3 Å². The Kier molecular flexibility index (Phi) is 7.21. The van der Waals surface area contributed by atoms with Crippen molar-refractivity contribution >= 4 is 11.8 Å². The van der Waals surface area contributed by atoms with Gasteiger partial charge in [-0.1, -0.05) is 24.3 Å². The molecule has 2 aromatic rings. The van der Waals surface area contributed by atoms with E-state index in [1.165, 1.54) is 0 Å². The molecule has 1 aliphatic heterocycles. The van der Waals surface area contributed by atoms with Crippen LogP contribution in [0.5, 0.6) is 17.2 Å². The van der Waals surface area contributed by atoms with Crippen LogP contribution in [-0.4, -0.2) is 39.2 Å². The predicted octanol–water partition coefficient (Wildman–Crippen LogP) is 4.29. The Morgan fingerprint density at radius 1 is 1.00 bits per heavy atom. The Bertz CT molecular complexity index is 1140. The molecular formula is C27H29NO6. The van der Waals surface area contributed by atoms with Crippen LogP contribution in [0.4, 0.5) is 0 Å². The van der Waals surface area contributed by atoms with E-state index in [0.717, 1.165) is 24.1 Å². The fourth-order valence-corrected chi connectivity index (χ4v) is 4.51. The smallest absolute Gasteiger partial charge is 0.336 e. The molecule has 0 saturated heterocycles. The van der Waals surface area contributed by atoms with E-state index in [2.05, 4.69) is 5.32 Å². The first kappa shape index (κ1) is 23.4. The summed E-state index contributed by atoms with van der Waals surface area (Å²) in [6.45, 7) is 2.14. The van der Waals surface area contributed by atoms with Crippen molar-refractivity contribution in [2.24, 2.45) is 0 Å². The second-order valence-corrected chi connectivity index (χ2v) is 8.17. The van der Waals surface area contributed by atoms with Crippen molar-refractivity contribution in [3.8, 4) is 17.2 Å². The summed E-state index contributed by atoms with van der Waals surface area (Å²) in [5.41, 5.74) is 3.26. The minimum atomic E-state index is -0.590. The third-order valence-corrected chi connectivity index (χ3v) is 6.08. The molecule has 7 nitrogen and oxygen atoms in total. The number of benzene rings is 2. The molecule has 2 aromatic carbocycles. The van der Waals surface area contributed by atoms with Gasteiger partial charge in [0.2, 0.25) is 0 Å². The summed E-state index contributed by atoms with van der Waals surface area (Å²) in [7, 11) is 3.14. The van der Waals surface area contributed by atoms with Crippen molar-refractivity contribution in [3.05, 3.63) is 76.6 Å². The number of dihydropyridines is 1. The number of Topliss-reactive ketones (excluding diaryl/α,β-unsaturated/α-hetero) is 1. The molecule has 0 unspecified atom stereocenters. The van der Waals surface area contributed by atoms with Gasteiger partial charge in [0.25, 0.3) is 0 Å². The highest BCUT2D eigenvalue weighted by Crippen LogP contribution is 2.46. The Morgan fingerprint density at radius 2 is 1.79 bits per heavy atom. The fraction of sp³-hybridized carbons (Fsp3) is 0.333. The molecule has 2 aliphatic rings. The molecule has 34 heavy (non-hydrogen) atoms. The van der Waals surface area contributed by atoms with Gasteiger partial charge in [0.15, 0.2) is 5.78 Å². The Labute approximate surface area is 199 Å². The number of carbonyl (C=O) groups is 2. The summed E-state index contributed by atoms with van der Waals surface area (Å²) in [5, 5.41) is 3.30. The second kappa shape index (κ2) is 10.5. The van der Waals surface area contributed by atoms with Gasteiger partial charge in [-0.25, -0.2) is 4.79 Å². The van der Waals surface area contributed by atoms with E-state index >= 15 is 0 Å². The Morgan fingerprint density at radius 3 is 2.53 bits per heavy atom. The van der Waals surface area contributed by atoms with Gasteiger partial charge in [-0.15, -0.1) is 0 Å². The number of ketones is 1. The zero-order valence-corrected chi connectivity index (χ0v) is 19.7. The number of allylic oxidation sites excluding steroid dienone is 3. The van der Waals surface area contributed by atoms with Gasteiger partial charge in [0.1, 0.15) is 30.5 Å². The average Bonchev–Trinajstić information content (AvgIpc) is 2.86. The van der Waals surface area contributed by atoms with Gasteiger partial charge >= 0.3 is 5.97 Å². The van der Waals surface area contributed by atoms with Gasteiger partial charge in [-0.2, -0.15) is 0 Å². The normalized spacial score (nSPS) is 17.6. The van der Waals surface area contributed by atoms with Crippen molar-refractivity contribution in [1.82, 2.24) is 5.32 Å². The largest absolute Gasteiger partial charge is 0.497 e. The summed E-state index contributed by atoms with van der Waals surface area (Å²) >= 11 is 0. The molecule has 0 saturated carbocycles. The zero-order valence-electron chi connectivity index (χ0n) is 19.7. The lowest BCUT2D eigenvalue weighted by molar-refractivity contribution is -0.140. The molecule has 4 rings (SSSR count). The Hall–Kier alpha value is -3.74. The van der Waals surface area contributed by atoms with Crippen LogP contribution >= 0.6 is 0 Å². The van der Waals surface area contributed by atoms with Crippen molar-refractivity contribution in [3.63, 3.8) is 0 Å². The standard InChI is InChI=1S/C27H29NO6/c1-17-24(27(30)34-15-14-33-18-8-5-4-6-9-18)25(26-21(28-17)10-7-11-22(26)29)20-13-12-19(31-2)16-23(20)32-3/h4-6,8-9,12-13,16,25,28H,7,10-11,14-15H2,1-3H3/t25-/m0/s1. The van der Waals surface area contributed by atoms with E-state index in [-0.39, 0.29) is 19.0 Å². The van der Waals surface area contributed by atoms with Gasteiger partial charge in [0, 0.05) is 35.0 Å². The SMILES string of the molecule is COc1ccc([C@H]2C(C(=O)OCCOc3ccccc3)=C(C)NC3=C2C(=O)CCC3)c(OC)c1. The summed E-state index contributed by atoms with van der Waals surface area (Å²) in [6.07, 6.45) is 1.98. The quantitative estimate of drug-likeness (QED) is 0.462. The molecule has 178 valence electrons. The third kappa shape index (κ3) is 4.78. The lowest BCUT2D eigenvalue weighted by Crippen LogP contribution is -2.34. The topological polar surface area (TPSA) is 83.1 Å². The average molecular weight is 464 g/mol. The van der Waals surface area contributed by atoms with Gasteiger partial charge in [0.05, 0.1) is 25.7 Å². The van der Waals surface area contributed by atoms with Crippen molar-refractivity contribution in [1.29, 1.82) is 0 Å². The number of methoxy groups -OCH3 is 2. The van der Waals surface area contributed by atoms with E-state index in [1.807, 2.05) is 43.3 Å². The van der Waals surface area contributed by atoms with Gasteiger partial charge in [-0.05, 0) is 38.0 Å². The van der Waals surface area contributed by atoms with E-state index in [9.17, 15) is 9.59 Å². The molecule has 1 N–H and O–H groups in total. The molecule has 0 fully saturated rings. The van der Waals surface area contributed by atoms with E-state index < -0.39 is 11.9 Å². The molecule has 7 heteroatoms. The highest BCUT2D eigenvalue weighted by Gasteiger charge is 2.40. The first-order valence-corrected chi connectivity index (χ1v) is 11.3. The number of hydrogen-bond donors (Lipinski definition) is 1. The molecule has 0 radical (unpaired) electrons. The van der Waals surface area contributed by atoms with Crippen molar-refractivity contribution < 1.29 is 28.5 Å². The first-order valence-electron chi connectivity index (χ1n) is 11.3. The number of hydrogen-bond acceptors (Lipinski definition) is 7. The highest BCUT2D eigenvalue weighted by molar-refractivity contribution is 6.04. The van der Waals surface area contributed by atoms with Gasteiger partial charge in [-0.3, -0.25) is 4.79 Å². The van der Waals surface area contributed by atoms with E-state index in [0.29, 0.717) is 40.5 Å². The summed E-state index contributed by atoms with van der Waals surface area (Å²) in [6, 6.07) is 14.8. The van der Waals surface area contributed by atoms with Crippen LogP contribution in [0, 0.1) is 0 Å². The number of esters is 1. The van der Waals surface area contributed by atoms with E-state index in [1.54, 1.807) is 26.4 Å². The monoisotopic (exact) mass is 463 g/mol. The predicted molar refractivity (Wildman–Crippen MR) is 127 cm³/mol. The van der Waals surface area contributed by atoms with Crippen molar-refractivity contribution in [2.45, 2.75) is 32.1 Å². The maximum absolute atomic E-state index is 13.3. The van der Waals surface area contributed by atoms with Crippen LogP contribution in [0.15, 0.2) is 71.1 Å². The van der Waals surface area contributed by atoms with Gasteiger partial charge < -0.3 is 24.3 Å². The maximum atomic E-state index is 13.3. The molecule has 0 bridgehead atoms. The minimum absolute atomic E-state index is 0.0295. The van der Waals surface area contributed by atoms with Crippen LogP contribution in [0.2, 0.25) is 0 Å². The van der Waals surface area contributed by atoms with Crippen molar-refractivity contribution in [2.75, 3.05) is 27.4 Å². The number of rotatable bonds is 8. The van der Waals surface area contributed by atoms with Crippen LogP contribution in [0.25, 0.3) is 0 Å². The lowest BCUT2D eigenvalue weighted by Gasteiger charge is -2.34. The van der Waals surface area contributed by atoms with Crippen LogP contribution in [0.3, 0.4) is 0 Å². The number of nitrogens with one attached hydrogen (secondary N) is 1. The molecule has 0 aromatic heterocycles. The maximum Gasteiger partial charge on any atom is 0.336 e. The Balaban J connectivity index is 1.63. The summed E-state index contributed by atoms with van der Waals surface area (Å²) in [4.78, 5) is 26.4. The number of ether oxygens (including phenoxy) is 4. The highest BCUT2D eigenvalue weighted by atomic mass is 16.6. The van der Waals surface area contributed by atoms with E-state index in [4.69, 9.17) is 18.9 Å². The molecule has 1 atom stereocenters. The fourth-order valence-electron chi connectivity index (χ4n) is 4.51. The number of carbonyl (C=O) groups excluding carboxylic acids is 2. The molecule has 1 aliphatic carbocycles. The zero-order chi connectivity index (χ0) is 24.1. The summed E-state index contributed by atoms with van der Waals surface area (Å²) < 4.78 is 22.2. The summed E-state index contributed by atoms with van der Waals surface area (Å²) in [5.74, 6) is 0.823. The molecule has 0 amide bonds. The molecule has 1 heterocycles. The number of para-hydroxylation sites is 1. The minimum Gasteiger partial charge on any atom is -0.497 e. The third-order valence-electron chi connectivity index (χ3n) is 6.08.